The second kappa shape index (κ2) is 7.10. The lowest BCUT2D eigenvalue weighted by atomic mass is 9.76. The normalized spacial score (nSPS) is 27.9. The number of hydrogen-bond donors (Lipinski definition) is 0. The van der Waals surface area contributed by atoms with Crippen LogP contribution in [0.25, 0.3) is 0 Å². The molecule has 0 unspecified atom stereocenters. The maximum Gasteiger partial charge on any atom is 0.133 e. The molecule has 2 aliphatic rings. The highest BCUT2D eigenvalue weighted by Gasteiger charge is 2.31. The molecule has 4 heteroatoms. The summed E-state index contributed by atoms with van der Waals surface area (Å²) in [4.78, 5) is 0. The van der Waals surface area contributed by atoms with Crippen LogP contribution in [0, 0.1) is 11.8 Å². The Labute approximate surface area is 164 Å². The third kappa shape index (κ3) is 3.36. The Morgan fingerprint density at radius 3 is 1.56 bits per heavy atom. The molecule has 0 saturated carbocycles. The summed E-state index contributed by atoms with van der Waals surface area (Å²) in [7, 11) is 0. The molecular formula is C23H36N4. The van der Waals surface area contributed by atoms with E-state index in [-0.39, 0.29) is 0 Å². The average Bonchev–Trinajstić information content (AvgIpc) is 3.20. The van der Waals surface area contributed by atoms with E-state index >= 15 is 0 Å². The Bertz CT molecular complexity index is 731. The van der Waals surface area contributed by atoms with Crippen molar-refractivity contribution >= 4 is 0 Å². The zero-order valence-corrected chi connectivity index (χ0v) is 17.9. The highest BCUT2D eigenvalue weighted by molar-refractivity contribution is 5.30. The summed E-state index contributed by atoms with van der Waals surface area (Å²) in [5.74, 6) is 3.82. The van der Waals surface area contributed by atoms with Gasteiger partial charge in [0.05, 0.1) is 11.4 Å². The van der Waals surface area contributed by atoms with Gasteiger partial charge in [-0.25, -0.2) is 0 Å². The number of fused-ring (bicyclic) bond motifs is 2. The predicted octanol–water partition coefficient (Wildman–Crippen LogP) is 5.86. The molecule has 2 aromatic heterocycles. The Morgan fingerprint density at radius 2 is 1.19 bits per heavy atom. The molecule has 4 nitrogen and oxygen atoms in total. The Morgan fingerprint density at radius 1 is 0.778 bits per heavy atom. The second-order valence-electron chi connectivity index (χ2n) is 9.82. The third-order valence-corrected chi connectivity index (χ3v) is 7.09. The lowest BCUT2D eigenvalue weighted by Gasteiger charge is -2.28. The zero-order valence-electron chi connectivity index (χ0n) is 17.9. The van der Waals surface area contributed by atoms with Gasteiger partial charge in [-0.15, -0.1) is 0 Å². The maximum atomic E-state index is 4.99. The third-order valence-electron chi connectivity index (χ3n) is 7.09. The van der Waals surface area contributed by atoms with E-state index in [1.54, 1.807) is 0 Å². The van der Waals surface area contributed by atoms with Gasteiger partial charge in [0.25, 0.3) is 0 Å². The lowest BCUT2D eigenvalue weighted by molar-refractivity contribution is 0.407. The van der Waals surface area contributed by atoms with Crippen molar-refractivity contribution in [2.45, 2.75) is 97.6 Å². The SMILES string of the molecule is CC(C)[C@@H]1CC[C@@H](C)c2nn(Cn3cc4c(n3)[C@H](C)CC[C@H]4C(C)C)cc21. The fourth-order valence-electron chi connectivity index (χ4n) is 5.36. The number of aromatic nitrogens is 4. The molecule has 148 valence electrons. The molecule has 0 saturated heterocycles. The minimum atomic E-state index is 0.576. The minimum Gasteiger partial charge on any atom is -0.251 e. The summed E-state index contributed by atoms with van der Waals surface area (Å²) in [6.07, 6.45) is 9.72. The van der Waals surface area contributed by atoms with Crippen LogP contribution in [0.5, 0.6) is 0 Å². The van der Waals surface area contributed by atoms with E-state index < -0.39 is 0 Å². The van der Waals surface area contributed by atoms with E-state index in [2.05, 4.69) is 63.3 Å². The smallest absolute Gasteiger partial charge is 0.133 e. The van der Waals surface area contributed by atoms with E-state index in [1.165, 1.54) is 48.2 Å². The highest BCUT2D eigenvalue weighted by Crippen LogP contribution is 2.42. The van der Waals surface area contributed by atoms with Gasteiger partial charge in [-0.2, -0.15) is 10.2 Å². The van der Waals surface area contributed by atoms with Gasteiger partial charge < -0.3 is 0 Å². The molecule has 2 heterocycles. The van der Waals surface area contributed by atoms with Crippen LogP contribution in [-0.2, 0) is 6.67 Å². The molecule has 27 heavy (non-hydrogen) atoms. The summed E-state index contributed by atoms with van der Waals surface area (Å²) in [6.45, 7) is 14.8. The predicted molar refractivity (Wildman–Crippen MR) is 110 cm³/mol. The van der Waals surface area contributed by atoms with Crippen LogP contribution in [-0.4, -0.2) is 19.6 Å². The number of rotatable bonds is 4. The van der Waals surface area contributed by atoms with Crippen molar-refractivity contribution in [2.75, 3.05) is 0 Å². The molecule has 0 amide bonds. The van der Waals surface area contributed by atoms with Gasteiger partial charge >= 0.3 is 0 Å². The molecule has 0 spiro atoms. The van der Waals surface area contributed by atoms with Crippen LogP contribution >= 0.6 is 0 Å². The first-order chi connectivity index (χ1) is 12.8. The van der Waals surface area contributed by atoms with Crippen LogP contribution in [0.15, 0.2) is 12.4 Å². The monoisotopic (exact) mass is 368 g/mol. The van der Waals surface area contributed by atoms with E-state index in [0.717, 1.165) is 6.67 Å². The topological polar surface area (TPSA) is 35.6 Å². The average molecular weight is 369 g/mol. The standard InChI is InChI=1S/C23H36N4/c1-14(2)18-9-7-16(5)22-20(18)11-26(24-22)13-27-12-21-19(15(3)4)10-8-17(6)23(21)25-27/h11-12,14-19H,7-10,13H2,1-6H3/t16-,17-,18+,19+/m1/s1. The summed E-state index contributed by atoms with van der Waals surface area (Å²) < 4.78 is 4.27. The second-order valence-corrected chi connectivity index (χ2v) is 9.82. The minimum absolute atomic E-state index is 0.576. The molecule has 0 fully saturated rings. The van der Waals surface area contributed by atoms with Crippen LogP contribution in [0.3, 0.4) is 0 Å². The molecule has 4 atom stereocenters. The van der Waals surface area contributed by atoms with E-state index in [0.29, 0.717) is 35.5 Å². The van der Waals surface area contributed by atoms with Crippen molar-refractivity contribution in [1.29, 1.82) is 0 Å². The summed E-state index contributed by atoms with van der Waals surface area (Å²) in [5.41, 5.74) is 5.61. The molecule has 0 radical (unpaired) electrons. The molecule has 2 aromatic rings. The molecule has 4 rings (SSSR count). The summed E-state index contributed by atoms with van der Waals surface area (Å²) >= 11 is 0. The Hall–Kier alpha value is -1.58. The first-order valence-corrected chi connectivity index (χ1v) is 11.0. The first kappa shape index (κ1) is 18.8. The molecule has 0 bridgehead atoms. The molecular weight excluding hydrogens is 332 g/mol. The van der Waals surface area contributed by atoms with Crippen molar-refractivity contribution < 1.29 is 0 Å². The molecule has 0 aromatic carbocycles. The Balaban J connectivity index is 1.62. The lowest BCUT2D eigenvalue weighted by Crippen LogP contribution is -2.15. The van der Waals surface area contributed by atoms with Gasteiger partial charge in [0, 0.05) is 24.2 Å². The van der Waals surface area contributed by atoms with Crippen molar-refractivity contribution in [1.82, 2.24) is 19.6 Å². The van der Waals surface area contributed by atoms with Gasteiger partial charge in [0.1, 0.15) is 6.67 Å². The van der Waals surface area contributed by atoms with Gasteiger partial charge in [0.2, 0.25) is 0 Å². The fourth-order valence-corrected chi connectivity index (χ4v) is 5.36. The van der Waals surface area contributed by atoms with Crippen LogP contribution in [0.4, 0.5) is 0 Å². The van der Waals surface area contributed by atoms with E-state index in [9.17, 15) is 0 Å². The Kier molecular flexibility index (Phi) is 4.94. The van der Waals surface area contributed by atoms with Gasteiger partial charge in [-0.05, 0) is 60.5 Å². The van der Waals surface area contributed by atoms with Crippen molar-refractivity contribution in [3.8, 4) is 0 Å². The fraction of sp³-hybridized carbons (Fsp3) is 0.739. The zero-order chi connectivity index (χ0) is 19.3. The van der Waals surface area contributed by atoms with Crippen LogP contribution in [0.1, 0.15) is 113 Å². The largest absolute Gasteiger partial charge is 0.251 e. The summed E-state index contributed by atoms with van der Waals surface area (Å²) in [5, 5.41) is 9.99. The van der Waals surface area contributed by atoms with Crippen molar-refractivity contribution in [3.63, 3.8) is 0 Å². The van der Waals surface area contributed by atoms with Crippen molar-refractivity contribution in [3.05, 3.63) is 34.9 Å². The van der Waals surface area contributed by atoms with E-state index in [4.69, 9.17) is 10.2 Å². The quantitative estimate of drug-likeness (QED) is 0.677. The van der Waals surface area contributed by atoms with Gasteiger partial charge in [-0.1, -0.05) is 41.5 Å². The molecule has 0 aliphatic heterocycles. The number of hydrogen-bond acceptors (Lipinski definition) is 2. The van der Waals surface area contributed by atoms with E-state index in [1.807, 2.05) is 0 Å². The van der Waals surface area contributed by atoms with Gasteiger partial charge in [0.15, 0.2) is 0 Å². The molecule has 0 N–H and O–H groups in total. The highest BCUT2D eigenvalue weighted by atomic mass is 15.4. The van der Waals surface area contributed by atoms with Crippen LogP contribution in [0.2, 0.25) is 0 Å². The molecule has 2 aliphatic carbocycles. The number of nitrogens with zero attached hydrogens (tertiary/aromatic N) is 4. The van der Waals surface area contributed by atoms with Gasteiger partial charge in [-0.3, -0.25) is 9.36 Å². The first-order valence-electron chi connectivity index (χ1n) is 11.0. The maximum absolute atomic E-state index is 4.99. The van der Waals surface area contributed by atoms with Crippen molar-refractivity contribution in [2.24, 2.45) is 11.8 Å². The summed E-state index contributed by atoms with van der Waals surface area (Å²) in [6, 6.07) is 0. The van der Waals surface area contributed by atoms with Crippen LogP contribution < -0.4 is 0 Å².